The van der Waals surface area contributed by atoms with Crippen LogP contribution in [-0.4, -0.2) is 18.3 Å². The highest BCUT2D eigenvalue weighted by molar-refractivity contribution is 8.00. The summed E-state index contributed by atoms with van der Waals surface area (Å²) in [5.74, 6) is 1.09. The largest absolute Gasteiger partial charge is 0.316 e. The molecule has 1 heterocycles. The van der Waals surface area contributed by atoms with Crippen molar-refractivity contribution >= 4 is 11.8 Å². The Morgan fingerprint density at radius 2 is 2.12 bits per heavy atom. The summed E-state index contributed by atoms with van der Waals surface area (Å²) in [5, 5.41) is 4.38. The summed E-state index contributed by atoms with van der Waals surface area (Å²) in [6, 6.07) is 8.84. The van der Waals surface area contributed by atoms with E-state index >= 15 is 0 Å². The van der Waals surface area contributed by atoms with Gasteiger partial charge in [0, 0.05) is 16.7 Å². The third-order valence-electron chi connectivity index (χ3n) is 3.75. The van der Waals surface area contributed by atoms with Crippen LogP contribution in [0.1, 0.15) is 31.2 Å². The molecule has 0 bridgehead atoms. The Labute approximate surface area is 108 Å². The number of benzene rings is 1. The summed E-state index contributed by atoms with van der Waals surface area (Å²) < 4.78 is 0. The average Bonchev–Trinajstić information content (AvgIpc) is 3.07. The van der Waals surface area contributed by atoms with E-state index in [0.29, 0.717) is 0 Å². The molecule has 1 aliphatic heterocycles. The van der Waals surface area contributed by atoms with Gasteiger partial charge >= 0.3 is 0 Å². The van der Waals surface area contributed by atoms with Crippen molar-refractivity contribution < 1.29 is 0 Å². The Hall–Kier alpha value is -0.470. The monoisotopic (exact) mass is 247 g/mol. The highest BCUT2D eigenvalue weighted by Crippen LogP contribution is 2.36. The van der Waals surface area contributed by atoms with Crippen molar-refractivity contribution in [2.75, 3.05) is 13.1 Å². The third kappa shape index (κ3) is 3.26. The van der Waals surface area contributed by atoms with Crippen molar-refractivity contribution in [3.05, 3.63) is 29.8 Å². The van der Waals surface area contributed by atoms with Crippen molar-refractivity contribution in [3.8, 4) is 0 Å². The Morgan fingerprint density at radius 3 is 2.94 bits per heavy atom. The molecule has 92 valence electrons. The van der Waals surface area contributed by atoms with Crippen LogP contribution in [0.15, 0.2) is 29.2 Å². The first-order valence-corrected chi connectivity index (χ1v) is 7.75. The lowest BCUT2D eigenvalue weighted by atomic mass is 10.1. The van der Waals surface area contributed by atoms with Crippen LogP contribution in [0.4, 0.5) is 0 Å². The van der Waals surface area contributed by atoms with Crippen LogP contribution in [0.2, 0.25) is 0 Å². The maximum atomic E-state index is 3.62. The van der Waals surface area contributed by atoms with Gasteiger partial charge in [-0.15, -0.1) is 11.8 Å². The molecular weight excluding hydrogens is 226 g/mol. The number of hydrogen-bond donors (Lipinski definition) is 1. The fraction of sp³-hybridized carbons (Fsp3) is 0.600. The van der Waals surface area contributed by atoms with Gasteiger partial charge in [-0.1, -0.05) is 31.0 Å². The molecule has 0 radical (unpaired) electrons. The summed E-state index contributed by atoms with van der Waals surface area (Å²) >= 11 is 2.05. The summed E-state index contributed by atoms with van der Waals surface area (Å²) in [7, 11) is 0. The molecule has 17 heavy (non-hydrogen) atoms. The maximum Gasteiger partial charge on any atom is 0.0260 e. The molecule has 0 saturated heterocycles. The Morgan fingerprint density at radius 1 is 1.24 bits per heavy atom. The van der Waals surface area contributed by atoms with Crippen molar-refractivity contribution in [1.82, 2.24) is 5.32 Å². The van der Waals surface area contributed by atoms with Gasteiger partial charge in [-0.2, -0.15) is 0 Å². The Balaban J connectivity index is 1.34. The molecule has 2 heteroatoms. The molecule has 1 saturated carbocycles. The van der Waals surface area contributed by atoms with Crippen molar-refractivity contribution in [2.45, 2.75) is 42.2 Å². The van der Waals surface area contributed by atoms with Crippen LogP contribution >= 0.6 is 11.8 Å². The molecule has 0 spiro atoms. The van der Waals surface area contributed by atoms with Crippen LogP contribution in [0.5, 0.6) is 0 Å². The first-order chi connectivity index (χ1) is 8.42. The second kappa shape index (κ2) is 5.45. The van der Waals surface area contributed by atoms with Crippen LogP contribution < -0.4 is 5.32 Å². The molecule has 2 aliphatic rings. The number of fused-ring (bicyclic) bond motifs is 1. The quantitative estimate of drug-likeness (QED) is 0.772. The van der Waals surface area contributed by atoms with Gasteiger partial charge in [0.2, 0.25) is 0 Å². The van der Waals surface area contributed by atoms with E-state index in [1.807, 2.05) is 0 Å². The number of nitrogens with one attached hydrogen (secondary N) is 1. The maximum absolute atomic E-state index is 3.62. The summed E-state index contributed by atoms with van der Waals surface area (Å²) in [6.45, 7) is 2.38. The van der Waals surface area contributed by atoms with E-state index in [0.717, 1.165) is 11.2 Å². The Kier molecular flexibility index (Phi) is 3.72. The lowest BCUT2D eigenvalue weighted by Gasteiger charge is -2.09. The lowest BCUT2D eigenvalue weighted by molar-refractivity contribution is 0.588. The van der Waals surface area contributed by atoms with Gasteiger partial charge in [-0.25, -0.2) is 0 Å². The molecule has 1 aliphatic carbocycles. The molecule has 0 amide bonds. The third-order valence-corrected chi connectivity index (χ3v) is 5.07. The van der Waals surface area contributed by atoms with Crippen molar-refractivity contribution in [3.63, 3.8) is 0 Å². The van der Waals surface area contributed by atoms with Gasteiger partial charge in [-0.05, 0) is 43.4 Å². The molecule has 3 rings (SSSR count). The van der Waals surface area contributed by atoms with Crippen LogP contribution in [0.3, 0.4) is 0 Å². The molecule has 1 unspecified atom stereocenters. The fourth-order valence-corrected chi connectivity index (χ4v) is 3.84. The second-order valence-electron chi connectivity index (χ2n) is 5.34. The fourth-order valence-electron chi connectivity index (χ4n) is 2.55. The molecule has 1 aromatic rings. The van der Waals surface area contributed by atoms with Gasteiger partial charge in [0.05, 0.1) is 0 Å². The predicted octanol–water partition coefficient (Wildman–Crippen LogP) is 3.48. The molecular formula is C15H21NS. The van der Waals surface area contributed by atoms with E-state index in [1.165, 1.54) is 50.1 Å². The van der Waals surface area contributed by atoms with Gasteiger partial charge in [0.1, 0.15) is 0 Å². The zero-order chi connectivity index (χ0) is 11.5. The first kappa shape index (κ1) is 11.6. The van der Waals surface area contributed by atoms with Crippen LogP contribution in [0.25, 0.3) is 0 Å². The van der Waals surface area contributed by atoms with E-state index in [-0.39, 0.29) is 0 Å². The molecule has 1 fully saturated rings. The zero-order valence-electron chi connectivity index (χ0n) is 10.3. The SMILES string of the molecule is c1ccc2c(c1)CC(CNCCCC1CC1)S2. The summed E-state index contributed by atoms with van der Waals surface area (Å²) in [6.07, 6.45) is 7.05. The minimum absolute atomic E-state index is 0.758. The normalized spacial score (nSPS) is 22.7. The molecule has 1 nitrogen and oxygen atoms in total. The highest BCUT2D eigenvalue weighted by Gasteiger charge is 2.22. The standard InChI is InChI=1S/C15H21NS/c1-2-6-15-13(5-1)10-14(17-15)11-16-9-3-4-12-7-8-12/h1-2,5-6,12,14,16H,3-4,7-11H2. The van der Waals surface area contributed by atoms with Gasteiger partial charge < -0.3 is 5.32 Å². The lowest BCUT2D eigenvalue weighted by Crippen LogP contribution is -2.25. The smallest absolute Gasteiger partial charge is 0.0260 e. The Bertz CT molecular complexity index is 348. The predicted molar refractivity (Wildman–Crippen MR) is 74.6 cm³/mol. The van der Waals surface area contributed by atoms with Gasteiger partial charge in [-0.3, -0.25) is 0 Å². The van der Waals surface area contributed by atoms with Crippen LogP contribution in [-0.2, 0) is 6.42 Å². The van der Waals surface area contributed by atoms with E-state index < -0.39 is 0 Å². The summed E-state index contributed by atoms with van der Waals surface area (Å²) in [5.41, 5.74) is 1.54. The number of rotatable bonds is 6. The second-order valence-corrected chi connectivity index (χ2v) is 6.68. The minimum Gasteiger partial charge on any atom is -0.316 e. The first-order valence-electron chi connectivity index (χ1n) is 6.87. The van der Waals surface area contributed by atoms with E-state index in [4.69, 9.17) is 0 Å². The van der Waals surface area contributed by atoms with E-state index in [2.05, 4.69) is 41.3 Å². The minimum atomic E-state index is 0.758. The number of hydrogen-bond acceptors (Lipinski definition) is 2. The van der Waals surface area contributed by atoms with Crippen molar-refractivity contribution in [2.24, 2.45) is 5.92 Å². The van der Waals surface area contributed by atoms with E-state index in [1.54, 1.807) is 5.56 Å². The van der Waals surface area contributed by atoms with Crippen LogP contribution in [0, 0.1) is 5.92 Å². The average molecular weight is 247 g/mol. The zero-order valence-corrected chi connectivity index (χ0v) is 11.1. The van der Waals surface area contributed by atoms with E-state index in [9.17, 15) is 0 Å². The molecule has 1 aromatic carbocycles. The highest BCUT2D eigenvalue weighted by atomic mass is 32.2. The molecule has 1 atom stereocenters. The van der Waals surface area contributed by atoms with Gasteiger partial charge in [0.25, 0.3) is 0 Å². The molecule has 1 N–H and O–H groups in total. The van der Waals surface area contributed by atoms with Crippen molar-refractivity contribution in [1.29, 1.82) is 0 Å². The molecule has 0 aromatic heterocycles. The van der Waals surface area contributed by atoms with Gasteiger partial charge in [0.15, 0.2) is 0 Å². The summed E-state index contributed by atoms with van der Waals surface area (Å²) in [4.78, 5) is 1.50. The number of thioether (sulfide) groups is 1. The topological polar surface area (TPSA) is 12.0 Å².